The van der Waals surface area contributed by atoms with Gasteiger partial charge in [-0.3, -0.25) is 0 Å². The van der Waals surface area contributed by atoms with Gasteiger partial charge in [0.2, 0.25) is 0 Å². The molecule has 8 nitrogen and oxygen atoms in total. The van der Waals surface area contributed by atoms with Crippen molar-refractivity contribution in [2.75, 3.05) is 33.1 Å². The van der Waals surface area contributed by atoms with Crippen molar-refractivity contribution < 1.29 is 4.74 Å². The van der Waals surface area contributed by atoms with E-state index in [1.807, 2.05) is 24.3 Å². The number of anilines is 1. The van der Waals surface area contributed by atoms with Crippen LogP contribution in [-0.4, -0.2) is 57.9 Å². The lowest BCUT2D eigenvalue weighted by Gasteiger charge is -2.25. The molecule has 3 aromatic rings. The van der Waals surface area contributed by atoms with Crippen LogP contribution in [0.15, 0.2) is 36.4 Å². The molecule has 0 unspecified atom stereocenters. The van der Waals surface area contributed by atoms with E-state index in [2.05, 4.69) is 57.1 Å². The van der Waals surface area contributed by atoms with Crippen LogP contribution in [0.1, 0.15) is 11.6 Å². The fraction of sp³-hybridized carbons (Fsp3) is 0.333. The van der Waals surface area contributed by atoms with Gasteiger partial charge >= 0.3 is 0 Å². The van der Waals surface area contributed by atoms with Gasteiger partial charge in [-0.2, -0.15) is 0 Å². The number of tetrazole rings is 1. The smallest absolute Gasteiger partial charge is 0.200 e. The van der Waals surface area contributed by atoms with Gasteiger partial charge in [0.05, 0.1) is 13.2 Å². The average molecular weight is 313 g/mol. The Hall–Kier alpha value is -2.74. The van der Waals surface area contributed by atoms with Gasteiger partial charge in [-0.25, -0.2) is 0 Å². The normalized spacial score (nSPS) is 12.5. The minimum atomic E-state index is 0.201. The second-order valence-electron chi connectivity index (χ2n) is 5.38. The van der Waals surface area contributed by atoms with E-state index in [4.69, 9.17) is 4.74 Å². The van der Waals surface area contributed by atoms with Gasteiger partial charge in [0.25, 0.3) is 0 Å². The Morgan fingerprint density at radius 3 is 2.65 bits per heavy atom. The summed E-state index contributed by atoms with van der Waals surface area (Å²) in [5.41, 5.74) is 1.82. The Morgan fingerprint density at radius 2 is 1.96 bits per heavy atom. The lowest BCUT2D eigenvalue weighted by Crippen LogP contribution is -2.27. The highest BCUT2D eigenvalue weighted by Gasteiger charge is 2.14. The quantitative estimate of drug-likeness (QED) is 0.733. The first-order chi connectivity index (χ1) is 11.2. The third-order valence-electron chi connectivity index (χ3n) is 3.67. The molecule has 2 aromatic heterocycles. The first kappa shape index (κ1) is 15.2. The summed E-state index contributed by atoms with van der Waals surface area (Å²) in [6, 6.07) is 12.0. The Morgan fingerprint density at radius 1 is 1.17 bits per heavy atom. The van der Waals surface area contributed by atoms with Crippen molar-refractivity contribution in [1.82, 2.24) is 30.2 Å². The highest BCUT2D eigenvalue weighted by atomic mass is 16.5. The molecule has 0 radical (unpaired) electrons. The Labute approximate surface area is 134 Å². The molecule has 0 aliphatic carbocycles. The Balaban J connectivity index is 1.73. The molecule has 1 atom stereocenters. The zero-order chi connectivity index (χ0) is 16.2. The van der Waals surface area contributed by atoms with Crippen LogP contribution < -0.4 is 10.1 Å². The molecule has 0 saturated heterocycles. The van der Waals surface area contributed by atoms with Crippen LogP contribution in [0.3, 0.4) is 0 Å². The number of rotatable bonds is 6. The Bertz CT molecular complexity index is 769. The fourth-order valence-electron chi connectivity index (χ4n) is 2.37. The number of nitrogens with zero attached hydrogens (tertiary/aromatic N) is 6. The van der Waals surface area contributed by atoms with Crippen molar-refractivity contribution in [3.8, 4) is 5.75 Å². The van der Waals surface area contributed by atoms with Gasteiger partial charge in [0.15, 0.2) is 5.65 Å². The van der Waals surface area contributed by atoms with Crippen LogP contribution in [0, 0.1) is 0 Å². The molecule has 0 spiro atoms. The van der Waals surface area contributed by atoms with Crippen molar-refractivity contribution in [2.45, 2.75) is 6.04 Å². The van der Waals surface area contributed by atoms with Crippen molar-refractivity contribution in [1.29, 1.82) is 0 Å². The number of hydrogen-bond donors (Lipinski definition) is 1. The second kappa shape index (κ2) is 6.57. The molecule has 0 aliphatic heterocycles. The summed E-state index contributed by atoms with van der Waals surface area (Å²) in [6.07, 6.45) is 0. The number of nitrogens with one attached hydrogen (secondary N) is 1. The molecular weight excluding hydrogens is 294 g/mol. The maximum absolute atomic E-state index is 5.21. The zero-order valence-corrected chi connectivity index (χ0v) is 13.3. The van der Waals surface area contributed by atoms with E-state index in [1.54, 1.807) is 7.11 Å². The topological polar surface area (TPSA) is 80.5 Å². The highest BCUT2D eigenvalue weighted by molar-refractivity contribution is 5.42. The predicted molar refractivity (Wildman–Crippen MR) is 86.5 cm³/mol. The minimum absolute atomic E-state index is 0.201. The number of benzene rings is 1. The van der Waals surface area contributed by atoms with Crippen molar-refractivity contribution >= 4 is 11.5 Å². The summed E-state index contributed by atoms with van der Waals surface area (Å²) in [5, 5.41) is 18.9. The van der Waals surface area contributed by atoms with Crippen molar-refractivity contribution in [3.63, 3.8) is 0 Å². The van der Waals surface area contributed by atoms with Gasteiger partial charge in [-0.15, -0.1) is 14.8 Å². The van der Waals surface area contributed by atoms with Crippen LogP contribution >= 0.6 is 0 Å². The van der Waals surface area contributed by atoms with Gasteiger partial charge in [0, 0.05) is 6.54 Å². The van der Waals surface area contributed by atoms with Crippen LogP contribution in [-0.2, 0) is 0 Å². The third-order valence-corrected chi connectivity index (χ3v) is 3.67. The summed E-state index contributed by atoms with van der Waals surface area (Å²) in [7, 11) is 5.77. The maximum Gasteiger partial charge on any atom is 0.200 e. The molecule has 8 heteroatoms. The molecule has 0 bridgehead atoms. The van der Waals surface area contributed by atoms with E-state index in [0.29, 0.717) is 12.2 Å². The molecule has 3 rings (SSSR count). The molecular formula is C15H19N7O. The monoisotopic (exact) mass is 313 g/mol. The molecule has 0 fully saturated rings. The molecule has 0 amide bonds. The van der Waals surface area contributed by atoms with Crippen molar-refractivity contribution in [2.24, 2.45) is 0 Å². The maximum atomic E-state index is 5.21. The summed E-state index contributed by atoms with van der Waals surface area (Å²) in [4.78, 5) is 2.16. The number of methoxy groups -OCH3 is 1. The van der Waals surface area contributed by atoms with E-state index in [1.165, 1.54) is 10.2 Å². The summed E-state index contributed by atoms with van der Waals surface area (Å²) >= 11 is 0. The predicted octanol–water partition coefficient (Wildman–Crippen LogP) is 1.24. The number of fused-ring (bicyclic) bond motifs is 1. The second-order valence-corrected chi connectivity index (χ2v) is 5.38. The lowest BCUT2D eigenvalue weighted by molar-refractivity contribution is 0.311. The van der Waals surface area contributed by atoms with Gasteiger partial charge in [-0.1, -0.05) is 12.1 Å². The summed E-state index contributed by atoms with van der Waals surface area (Å²) < 4.78 is 6.61. The molecule has 2 heterocycles. The van der Waals surface area contributed by atoms with Crippen LogP contribution in [0.4, 0.5) is 5.82 Å². The summed E-state index contributed by atoms with van der Waals surface area (Å²) in [5.74, 6) is 1.58. The van der Waals surface area contributed by atoms with Gasteiger partial charge in [0.1, 0.15) is 11.6 Å². The van der Waals surface area contributed by atoms with Crippen LogP contribution in [0.25, 0.3) is 5.65 Å². The summed E-state index contributed by atoms with van der Waals surface area (Å²) in [6.45, 7) is 0.708. The Kier molecular flexibility index (Phi) is 4.33. The average Bonchev–Trinajstić information content (AvgIpc) is 3.03. The number of ether oxygens (including phenoxy) is 1. The van der Waals surface area contributed by atoms with Crippen molar-refractivity contribution in [3.05, 3.63) is 42.0 Å². The van der Waals surface area contributed by atoms with E-state index < -0.39 is 0 Å². The van der Waals surface area contributed by atoms with Crippen LogP contribution in [0.5, 0.6) is 5.75 Å². The van der Waals surface area contributed by atoms with Crippen LogP contribution in [0.2, 0.25) is 0 Å². The molecule has 120 valence electrons. The fourth-order valence-corrected chi connectivity index (χ4v) is 2.37. The van der Waals surface area contributed by atoms with E-state index in [-0.39, 0.29) is 6.04 Å². The number of likely N-dealkylation sites (N-methyl/N-ethyl adjacent to an activating group) is 1. The minimum Gasteiger partial charge on any atom is -0.497 e. The highest BCUT2D eigenvalue weighted by Crippen LogP contribution is 2.21. The number of aromatic nitrogens is 5. The van der Waals surface area contributed by atoms with Gasteiger partial charge in [-0.05, 0) is 54.4 Å². The third kappa shape index (κ3) is 3.37. The van der Waals surface area contributed by atoms with E-state index in [9.17, 15) is 0 Å². The van der Waals surface area contributed by atoms with E-state index in [0.717, 1.165) is 11.6 Å². The van der Waals surface area contributed by atoms with Gasteiger partial charge < -0.3 is 15.0 Å². The number of hydrogen-bond acceptors (Lipinski definition) is 7. The first-order valence-electron chi connectivity index (χ1n) is 7.27. The molecule has 0 saturated carbocycles. The largest absolute Gasteiger partial charge is 0.497 e. The SMILES string of the molecule is COc1ccc([C@H](CNc2ccc3nnnn3n2)N(C)C)cc1. The zero-order valence-electron chi connectivity index (χ0n) is 13.3. The molecule has 1 aromatic carbocycles. The standard InChI is InChI=1S/C15H19N7O/c1-21(2)13(11-4-6-12(23-3)7-5-11)10-16-14-8-9-15-17-19-20-22(15)18-14/h4-9,13H,10H2,1-3H3,(H,16,18)/t13-/m0/s1. The molecule has 23 heavy (non-hydrogen) atoms. The molecule has 1 N–H and O–H groups in total. The van der Waals surface area contributed by atoms with E-state index >= 15 is 0 Å². The lowest BCUT2D eigenvalue weighted by atomic mass is 10.1. The molecule has 0 aliphatic rings. The first-order valence-corrected chi connectivity index (χ1v) is 7.27.